The molecule has 2 nitrogen and oxygen atoms in total. The first kappa shape index (κ1) is 10.8. The Hall–Kier alpha value is -1.67. The maximum absolute atomic E-state index is 5.97. The molecule has 82 valence electrons. The number of anilines is 1. The molecule has 2 rings (SSSR count). The van der Waals surface area contributed by atoms with Crippen LogP contribution in [0.4, 0.5) is 5.69 Å². The second-order valence-electron chi connectivity index (χ2n) is 3.44. The molecular formula is C13H12ClNO. The molecule has 0 saturated carbocycles. The van der Waals surface area contributed by atoms with Crippen molar-refractivity contribution in [2.45, 2.75) is 0 Å². The van der Waals surface area contributed by atoms with E-state index in [1.54, 1.807) is 7.11 Å². The van der Waals surface area contributed by atoms with E-state index in [4.69, 9.17) is 22.1 Å². The second-order valence-corrected chi connectivity index (χ2v) is 3.84. The van der Waals surface area contributed by atoms with Gasteiger partial charge in [-0.3, -0.25) is 0 Å². The van der Waals surface area contributed by atoms with Crippen LogP contribution in [0.2, 0.25) is 5.02 Å². The minimum Gasteiger partial charge on any atom is -0.495 e. The molecule has 0 aliphatic rings. The molecule has 2 aromatic carbocycles. The summed E-state index contributed by atoms with van der Waals surface area (Å²) in [7, 11) is 1.60. The summed E-state index contributed by atoms with van der Waals surface area (Å²) in [6, 6.07) is 13.3. The average molecular weight is 234 g/mol. The van der Waals surface area contributed by atoms with Crippen LogP contribution in [0.25, 0.3) is 11.1 Å². The Kier molecular flexibility index (Phi) is 3.02. The molecule has 0 aliphatic carbocycles. The summed E-state index contributed by atoms with van der Waals surface area (Å²) in [5.41, 5.74) is 8.63. The number of hydrogen-bond donors (Lipinski definition) is 1. The fraction of sp³-hybridized carbons (Fsp3) is 0.0769. The molecule has 16 heavy (non-hydrogen) atoms. The van der Waals surface area contributed by atoms with E-state index in [9.17, 15) is 0 Å². The Balaban J connectivity index is 2.53. The zero-order chi connectivity index (χ0) is 11.5. The van der Waals surface area contributed by atoms with Gasteiger partial charge in [0.15, 0.2) is 0 Å². The maximum Gasteiger partial charge on any atom is 0.138 e. The Morgan fingerprint density at radius 1 is 1.12 bits per heavy atom. The van der Waals surface area contributed by atoms with Crippen molar-refractivity contribution in [3.8, 4) is 16.9 Å². The summed E-state index contributed by atoms with van der Waals surface area (Å²) in [6.45, 7) is 0. The average Bonchev–Trinajstić information content (AvgIpc) is 2.31. The lowest BCUT2D eigenvalue weighted by Crippen LogP contribution is -1.90. The van der Waals surface area contributed by atoms with Gasteiger partial charge in [-0.05, 0) is 23.8 Å². The first-order chi connectivity index (χ1) is 7.72. The number of ether oxygens (including phenoxy) is 1. The molecule has 0 fully saturated rings. The summed E-state index contributed by atoms with van der Waals surface area (Å²) in [5.74, 6) is 0.655. The van der Waals surface area contributed by atoms with Crippen LogP contribution < -0.4 is 10.5 Å². The van der Waals surface area contributed by atoms with E-state index in [2.05, 4.69) is 0 Å². The molecule has 0 unspecified atom stereocenters. The van der Waals surface area contributed by atoms with Gasteiger partial charge in [0.05, 0.1) is 12.1 Å². The highest BCUT2D eigenvalue weighted by molar-refractivity contribution is 6.32. The van der Waals surface area contributed by atoms with Gasteiger partial charge >= 0.3 is 0 Å². The first-order valence-corrected chi connectivity index (χ1v) is 5.28. The topological polar surface area (TPSA) is 35.2 Å². The normalized spacial score (nSPS) is 10.1. The number of nitrogens with two attached hydrogens (primary N) is 1. The van der Waals surface area contributed by atoms with Crippen LogP contribution in [0.5, 0.6) is 5.75 Å². The van der Waals surface area contributed by atoms with Crippen LogP contribution in [0.15, 0.2) is 42.5 Å². The Bertz CT molecular complexity index is 511. The van der Waals surface area contributed by atoms with Crippen LogP contribution in [0, 0.1) is 0 Å². The zero-order valence-corrected chi connectivity index (χ0v) is 9.66. The Labute approximate surface area is 99.6 Å². The van der Waals surface area contributed by atoms with Gasteiger partial charge in [0, 0.05) is 11.3 Å². The number of nitrogen functional groups attached to an aromatic ring is 1. The highest BCUT2D eigenvalue weighted by Gasteiger charge is 2.05. The number of methoxy groups -OCH3 is 1. The predicted molar refractivity (Wildman–Crippen MR) is 67.9 cm³/mol. The molecule has 3 heteroatoms. The number of rotatable bonds is 2. The Morgan fingerprint density at radius 2 is 1.88 bits per heavy atom. The van der Waals surface area contributed by atoms with E-state index < -0.39 is 0 Å². The number of benzene rings is 2. The number of halogens is 1. The largest absolute Gasteiger partial charge is 0.495 e. The van der Waals surface area contributed by atoms with Crippen LogP contribution in [-0.2, 0) is 0 Å². The van der Waals surface area contributed by atoms with Crippen LogP contribution in [-0.4, -0.2) is 7.11 Å². The summed E-state index contributed by atoms with van der Waals surface area (Å²) in [6.07, 6.45) is 0. The minimum atomic E-state index is 0.598. The molecule has 0 heterocycles. The number of hydrogen-bond acceptors (Lipinski definition) is 2. The summed E-state index contributed by atoms with van der Waals surface area (Å²) < 4.78 is 5.17. The molecule has 2 N–H and O–H groups in total. The molecule has 0 spiro atoms. The summed E-state index contributed by atoms with van der Waals surface area (Å²) in [4.78, 5) is 0. The molecule has 0 amide bonds. The van der Waals surface area contributed by atoms with Gasteiger partial charge < -0.3 is 10.5 Å². The predicted octanol–water partition coefficient (Wildman–Crippen LogP) is 3.60. The molecule has 0 aliphatic heterocycles. The molecule has 2 aromatic rings. The lowest BCUT2D eigenvalue weighted by atomic mass is 10.0. The van der Waals surface area contributed by atoms with Crippen LogP contribution in [0.1, 0.15) is 0 Å². The summed E-state index contributed by atoms with van der Waals surface area (Å²) >= 11 is 5.97. The van der Waals surface area contributed by atoms with Crippen molar-refractivity contribution in [1.29, 1.82) is 0 Å². The van der Waals surface area contributed by atoms with Crippen molar-refractivity contribution in [3.05, 3.63) is 47.5 Å². The van der Waals surface area contributed by atoms with Crippen LogP contribution in [0.3, 0.4) is 0 Å². The van der Waals surface area contributed by atoms with Crippen molar-refractivity contribution in [1.82, 2.24) is 0 Å². The fourth-order valence-electron chi connectivity index (χ4n) is 1.59. The highest BCUT2D eigenvalue weighted by Crippen LogP contribution is 2.32. The molecule has 0 bridgehead atoms. The molecule has 0 saturated heterocycles. The second kappa shape index (κ2) is 4.45. The van der Waals surface area contributed by atoms with E-state index in [1.807, 2.05) is 42.5 Å². The third-order valence-corrected chi connectivity index (χ3v) is 2.74. The van der Waals surface area contributed by atoms with E-state index in [1.165, 1.54) is 0 Å². The minimum absolute atomic E-state index is 0.598. The van der Waals surface area contributed by atoms with Gasteiger partial charge in [-0.2, -0.15) is 0 Å². The van der Waals surface area contributed by atoms with Gasteiger partial charge in [0.1, 0.15) is 5.75 Å². The van der Waals surface area contributed by atoms with E-state index in [0.29, 0.717) is 10.8 Å². The molecule has 0 radical (unpaired) electrons. The monoisotopic (exact) mass is 233 g/mol. The van der Waals surface area contributed by atoms with Gasteiger partial charge in [-0.15, -0.1) is 0 Å². The molecule has 0 atom stereocenters. The zero-order valence-electron chi connectivity index (χ0n) is 8.91. The van der Waals surface area contributed by atoms with Crippen molar-refractivity contribution in [2.24, 2.45) is 0 Å². The lowest BCUT2D eigenvalue weighted by Gasteiger charge is -2.08. The fourth-order valence-corrected chi connectivity index (χ4v) is 1.78. The third kappa shape index (κ3) is 1.97. The number of para-hydroxylation sites is 1. The third-order valence-electron chi connectivity index (χ3n) is 2.42. The first-order valence-electron chi connectivity index (χ1n) is 4.91. The van der Waals surface area contributed by atoms with E-state index >= 15 is 0 Å². The van der Waals surface area contributed by atoms with Gasteiger partial charge in [0.25, 0.3) is 0 Å². The Morgan fingerprint density at radius 3 is 2.56 bits per heavy atom. The SMILES string of the molecule is COc1cc(-c2ccccc2N)ccc1Cl. The van der Waals surface area contributed by atoms with Crippen molar-refractivity contribution in [3.63, 3.8) is 0 Å². The highest BCUT2D eigenvalue weighted by atomic mass is 35.5. The molecular weight excluding hydrogens is 222 g/mol. The summed E-state index contributed by atoms with van der Waals surface area (Å²) in [5, 5.41) is 0.598. The van der Waals surface area contributed by atoms with E-state index in [0.717, 1.165) is 16.8 Å². The smallest absolute Gasteiger partial charge is 0.138 e. The standard InChI is InChI=1S/C13H12ClNO/c1-16-13-8-9(6-7-11(13)14)10-4-2-3-5-12(10)15/h2-8H,15H2,1H3. The lowest BCUT2D eigenvalue weighted by molar-refractivity contribution is 0.415. The van der Waals surface area contributed by atoms with Crippen molar-refractivity contribution < 1.29 is 4.74 Å². The van der Waals surface area contributed by atoms with Gasteiger partial charge in [-0.25, -0.2) is 0 Å². The van der Waals surface area contributed by atoms with Gasteiger partial charge in [-0.1, -0.05) is 35.9 Å². The quantitative estimate of drug-likeness (QED) is 0.805. The van der Waals surface area contributed by atoms with E-state index in [-0.39, 0.29) is 0 Å². The van der Waals surface area contributed by atoms with Crippen molar-refractivity contribution in [2.75, 3.05) is 12.8 Å². The van der Waals surface area contributed by atoms with Gasteiger partial charge in [0.2, 0.25) is 0 Å². The van der Waals surface area contributed by atoms with Crippen LogP contribution >= 0.6 is 11.6 Å². The molecule has 0 aromatic heterocycles. The van der Waals surface area contributed by atoms with Crippen molar-refractivity contribution >= 4 is 17.3 Å². The maximum atomic E-state index is 5.97.